The maximum Gasteiger partial charge on any atom is 0.161 e. The number of aliphatic hydroxyl groups is 1. The first kappa shape index (κ1) is 9.87. The van der Waals surface area contributed by atoms with Gasteiger partial charge in [0.2, 0.25) is 0 Å². The molecule has 0 bridgehead atoms. The summed E-state index contributed by atoms with van der Waals surface area (Å²) in [6.07, 6.45) is 3.90. The molecule has 1 fully saturated rings. The Bertz CT molecular complexity index is 284. The highest BCUT2D eigenvalue weighted by molar-refractivity contribution is 5.76. The third-order valence-electron chi connectivity index (χ3n) is 3.65. The summed E-state index contributed by atoms with van der Waals surface area (Å²) in [5.74, 6) is 0.560. The minimum absolute atomic E-state index is 0.127. The number of hydrogen-bond donors (Lipinski definition) is 1. The van der Waals surface area contributed by atoms with E-state index in [1.807, 2.05) is 6.92 Å². The fraction of sp³-hybridized carbons (Fsp3) is 0.727. The van der Waals surface area contributed by atoms with Gasteiger partial charge in [-0.2, -0.15) is 0 Å². The SMILES string of the molecule is CC(=O)C[C@@H]1C=C[C@H]2COC(O)[C@]21C. The van der Waals surface area contributed by atoms with Crippen LogP contribution in [0.15, 0.2) is 12.2 Å². The molecule has 1 N–H and O–H groups in total. The molecule has 2 aliphatic rings. The van der Waals surface area contributed by atoms with E-state index in [2.05, 4.69) is 12.2 Å². The van der Waals surface area contributed by atoms with Crippen LogP contribution in [-0.2, 0) is 9.53 Å². The number of rotatable bonds is 2. The lowest BCUT2D eigenvalue weighted by Crippen LogP contribution is -2.37. The molecule has 1 aliphatic carbocycles. The highest BCUT2D eigenvalue weighted by atomic mass is 16.6. The molecule has 0 radical (unpaired) electrons. The number of fused-ring (bicyclic) bond motifs is 1. The van der Waals surface area contributed by atoms with Gasteiger partial charge < -0.3 is 14.6 Å². The van der Waals surface area contributed by atoms with Crippen LogP contribution in [0.2, 0.25) is 0 Å². The highest BCUT2D eigenvalue weighted by Crippen LogP contribution is 2.51. The van der Waals surface area contributed by atoms with Crippen molar-refractivity contribution >= 4 is 5.78 Å². The second kappa shape index (κ2) is 3.17. The van der Waals surface area contributed by atoms with Gasteiger partial charge in [-0.15, -0.1) is 0 Å². The number of Topliss-reactive ketones (excluding diaryl/α,β-unsaturated/α-hetero) is 1. The predicted octanol–water partition coefficient (Wildman–Crippen LogP) is 1.12. The smallest absolute Gasteiger partial charge is 0.161 e. The van der Waals surface area contributed by atoms with Crippen LogP contribution in [0.25, 0.3) is 0 Å². The fourth-order valence-electron chi connectivity index (χ4n) is 2.53. The van der Waals surface area contributed by atoms with Gasteiger partial charge in [0.15, 0.2) is 6.29 Å². The Hall–Kier alpha value is -0.670. The first-order valence-electron chi connectivity index (χ1n) is 5.02. The molecule has 78 valence electrons. The van der Waals surface area contributed by atoms with E-state index in [1.165, 1.54) is 0 Å². The average molecular weight is 196 g/mol. The van der Waals surface area contributed by atoms with Crippen LogP contribution in [0.3, 0.4) is 0 Å². The monoisotopic (exact) mass is 196 g/mol. The zero-order valence-electron chi connectivity index (χ0n) is 8.56. The Morgan fingerprint density at radius 1 is 1.64 bits per heavy atom. The molecule has 1 aliphatic heterocycles. The topological polar surface area (TPSA) is 46.5 Å². The number of allylic oxidation sites excluding steroid dienone is 1. The average Bonchev–Trinajstić information content (AvgIpc) is 2.54. The molecule has 0 aromatic rings. The summed E-state index contributed by atoms with van der Waals surface area (Å²) in [7, 11) is 0. The van der Waals surface area contributed by atoms with Crippen LogP contribution in [0.4, 0.5) is 0 Å². The lowest BCUT2D eigenvalue weighted by atomic mass is 9.72. The molecule has 3 nitrogen and oxygen atoms in total. The lowest BCUT2D eigenvalue weighted by Gasteiger charge is -2.32. The van der Waals surface area contributed by atoms with Gasteiger partial charge in [-0.1, -0.05) is 19.1 Å². The Morgan fingerprint density at radius 2 is 2.36 bits per heavy atom. The summed E-state index contributed by atoms with van der Waals surface area (Å²) in [6, 6.07) is 0. The Balaban J connectivity index is 2.20. The molecule has 1 heterocycles. The number of ether oxygens (including phenoxy) is 1. The van der Waals surface area contributed by atoms with Crippen molar-refractivity contribution in [1.82, 2.24) is 0 Å². The molecule has 0 amide bonds. The van der Waals surface area contributed by atoms with Gasteiger partial charge in [0.05, 0.1) is 6.61 Å². The van der Waals surface area contributed by atoms with Crippen molar-refractivity contribution < 1.29 is 14.6 Å². The van der Waals surface area contributed by atoms with E-state index in [9.17, 15) is 9.90 Å². The molecule has 0 saturated carbocycles. The van der Waals surface area contributed by atoms with Crippen LogP contribution in [0.5, 0.6) is 0 Å². The van der Waals surface area contributed by atoms with E-state index < -0.39 is 6.29 Å². The molecule has 1 saturated heterocycles. The largest absolute Gasteiger partial charge is 0.367 e. The number of carbonyl (C=O) groups excluding carboxylic acids is 1. The predicted molar refractivity (Wildman–Crippen MR) is 51.5 cm³/mol. The van der Waals surface area contributed by atoms with Crippen LogP contribution in [-0.4, -0.2) is 23.8 Å². The maximum atomic E-state index is 11.1. The Morgan fingerprint density at radius 3 is 3.00 bits per heavy atom. The summed E-state index contributed by atoms with van der Waals surface area (Å²) in [4.78, 5) is 11.1. The van der Waals surface area contributed by atoms with Crippen LogP contribution < -0.4 is 0 Å². The fourth-order valence-corrected chi connectivity index (χ4v) is 2.53. The second-order valence-corrected chi connectivity index (χ2v) is 4.56. The van der Waals surface area contributed by atoms with E-state index in [0.29, 0.717) is 13.0 Å². The third kappa shape index (κ3) is 1.23. The number of ketones is 1. The van der Waals surface area contributed by atoms with E-state index in [1.54, 1.807) is 6.92 Å². The van der Waals surface area contributed by atoms with E-state index in [0.717, 1.165) is 0 Å². The lowest BCUT2D eigenvalue weighted by molar-refractivity contribution is -0.131. The van der Waals surface area contributed by atoms with Crippen molar-refractivity contribution in [2.45, 2.75) is 26.6 Å². The van der Waals surface area contributed by atoms with E-state index >= 15 is 0 Å². The van der Waals surface area contributed by atoms with Crippen LogP contribution >= 0.6 is 0 Å². The van der Waals surface area contributed by atoms with Gasteiger partial charge in [0, 0.05) is 17.8 Å². The normalized spacial score (nSPS) is 45.5. The van der Waals surface area contributed by atoms with Gasteiger partial charge in [0.25, 0.3) is 0 Å². The van der Waals surface area contributed by atoms with Crippen LogP contribution in [0.1, 0.15) is 20.3 Å². The van der Waals surface area contributed by atoms with E-state index in [4.69, 9.17) is 4.74 Å². The highest BCUT2D eigenvalue weighted by Gasteiger charge is 2.53. The minimum Gasteiger partial charge on any atom is -0.367 e. The van der Waals surface area contributed by atoms with Gasteiger partial charge in [-0.3, -0.25) is 0 Å². The molecule has 14 heavy (non-hydrogen) atoms. The second-order valence-electron chi connectivity index (χ2n) is 4.56. The number of hydrogen-bond acceptors (Lipinski definition) is 3. The molecule has 0 aromatic heterocycles. The first-order chi connectivity index (χ1) is 6.55. The molecule has 0 aromatic carbocycles. The minimum atomic E-state index is -0.730. The van der Waals surface area contributed by atoms with Crippen molar-refractivity contribution in [3.8, 4) is 0 Å². The standard InChI is InChI=1S/C11H16O3/c1-7(12)5-8-3-4-9-6-14-10(13)11(8,9)2/h3-4,8-10,13H,5-6H2,1-2H3/t8-,9-,10?,11-/m0/s1. The summed E-state index contributed by atoms with van der Waals surface area (Å²) in [5, 5.41) is 9.77. The third-order valence-corrected chi connectivity index (χ3v) is 3.65. The molecule has 2 rings (SSSR count). The van der Waals surface area contributed by atoms with Crippen molar-refractivity contribution in [2.24, 2.45) is 17.3 Å². The summed E-state index contributed by atoms with van der Waals surface area (Å²) in [5.41, 5.74) is -0.286. The van der Waals surface area contributed by atoms with Gasteiger partial charge >= 0.3 is 0 Å². The molecular weight excluding hydrogens is 180 g/mol. The summed E-state index contributed by atoms with van der Waals surface area (Å²) < 4.78 is 5.23. The van der Waals surface area contributed by atoms with Crippen LogP contribution in [0, 0.1) is 17.3 Å². The van der Waals surface area contributed by atoms with Gasteiger partial charge in [-0.05, 0) is 12.8 Å². The molecule has 4 atom stereocenters. The number of carbonyl (C=O) groups is 1. The molecule has 3 heteroatoms. The summed E-state index contributed by atoms with van der Waals surface area (Å²) >= 11 is 0. The Kier molecular flexibility index (Phi) is 2.24. The molecule has 0 spiro atoms. The van der Waals surface area contributed by atoms with Gasteiger partial charge in [0.1, 0.15) is 5.78 Å². The van der Waals surface area contributed by atoms with E-state index in [-0.39, 0.29) is 23.0 Å². The molecular formula is C11H16O3. The first-order valence-corrected chi connectivity index (χ1v) is 5.02. The van der Waals surface area contributed by atoms with Crippen molar-refractivity contribution in [3.05, 3.63) is 12.2 Å². The quantitative estimate of drug-likeness (QED) is 0.673. The van der Waals surface area contributed by atoms with Crippen molar-refractivity contribution in [1.29, 1.82) is 0 Å². The Labute approximate surface area is 83.8 Å². The van der Waals surface area contributed by atoms with Crippen molar-refractivity contribution in [3.63, 3.8) is 0 Å². The number of aliphatic hydroxyl groups excluding tert-OH is 1. The zero-order chi connectivity index (χ0) is 10.3. The zero-order valence-corrected chi connectivity index (χ0v) is 8.56. The maximum absolute atomic E-state index is 11.1. The van der Waals surface area contributed by atoms with Crippen molar-refractivity contribution in [2.75, 3.05) is 6.61 Å². The van der Waals surface area contributed by atoms with Gasteiger partial charge in [-0.25, -0.2) is 0 Å². The molecule has 1 unspecified atom stereocenters. The summed E-state index contributed by atoms with van der Waals surface area (Å²) in [6.45, 7) is 4.16.